The van der Waals surface area contributed by atoms with Crippen LogP contribution in [0.4, 0.5) is 0 Å². The van der Waals surface area contributed by atoms with Crippen molar-refractivity contribution in [1.29, 1.82) is 0 Å². The van der Waals surface area contributed by atoms with Gasteiger partial charge >= 0.3 is 5.97 Å². The number of esters is 1. The van der Waals surface area contributed by atoms with E-state index < -0.39 is 11.5 Å². The molecule has 7 heteroatoms. The highest BCUT2D eigenvalue weighted by atomic mass is 79.9. The summed E-state index contributed by atoms with van der Waals surface area (Å²) in [5, 5.41) is 9.78. The summed E-state index contributed by atoms with van der Waals surface area (Å²) in [4.78, 5) is 12.5. The fraction of sp³-hybridized carbons (Fsp3) is 0.250. The molecule has 1 aliphatic heterocycles. The summed E-state index contributed by atoms with van der Waals surface area (Å²) in [6.07, 6.45) is 0.552. The topological polar surface area (TPSA) is 51.0 Å². The van der Waals surface area contributed by atoms with Gasteiger partial charge in [-0.05, 0) is 43.2 Å². The van der Waals surface area contributed by atoms with Gasteiger partial charge in [0.15, 0.2) is 11.2 Å². The number of hydrogen-bond donors (Lipinski definition) is 0. The molecule has 1 aliphatic rings. The van der Waals surface area contributed by atoms with Crippen LogP contribution in [-0.4, -0.2) is 12.6 Å². The minimum atomic E-state index is -1.00. The number of nitrogens with zero attached hydrogens (tertiary/aromatic N) is 2. The smallest absolute Gasteiger partial charge is 0.358 e. The second-order valence-corrected chi connectivity index (χ2v) is 7.70. The molecular formula is C20H17BrCl2N2O2. The number of carbonyl (C=O) groups is 1. The molecule has 0 aromatic heterocycles. The summed E-state index contributed by atoms with van der Waals surface area (Å²) in [6, 6.07) is 13.0. The van der Waals surface area contributed by atoms with Gasteiger partial charge in [-0.15, -0.1) is 5.11 Å². The Morgan fingerprint density at radius 3 is 2.44 bits per heavy atom. The third kappa shape index (κ3) is 3.56. The van der Waals surface area contributed by atoms with Crippen LogP contribution < -0.4 is 0 Å². The third-order valence-electron chi connectivity index (χ3n) is 4.43. The molecule has 2 aromatic carbocycles. The van der Waals surface area contributed by atoms with Gasteiger partial charge in [-0.25, -0.2) is 4.79 Å². The molecule has 0 spiro atoms. The molecule has 0 fully saturated rings. The van der Waals surface area contributed by atoms with Crippen molar-refractivity contribution >= 4 is 45.1 Å². The van der Waals surface area contributed by atoms with Crippen molar-refractivity contribution in [3.63, 3.8) is 0 Å². The molecule has 3 rings (SSSR count). The number of carbonyl (C=O) groups excluding carboxylic acids is 1. The molecular weight excluding hydrogens is 451 g/mol. The van der Waals surface area contributed by atoms with Crippen LogP contribution in [0.15, 0.2) is 68.4 Å². The molecule has 0 saturated heterocycles. The van der Waals surface area contributed by atoms with Crippen LogP contribution in [0.25, 0.3) is 0 Å². The van der Waals surface area contributed by atoms with Crippen molar-refractivity contribution < 1.29 is 9.53 Å². The molecule has 2 aromatic rings. The summed E-state index contributed by atoms with van der Waals surface area (Å²) < 4.78 is 6.12. The fourth-order valence-corrected chi connectivity index (χ4v) is 4.09. The Morgan fingerprint density at radius 2 is 1.85 bits per heavy atom. The van der Waals surface area contributed by atoms with Gasteiger partial charge in [-0.1, -0.05) is 64.3 Å². The first kappa shape index (κ1) is 20.1. The Balaban J connectivity index is 2.31. The van der Waals surface area contributed by atoms with Gasteiger partial charge in [-0.2, -0.15) is 5.11 Å². The van der Waals surface area contributed by atoms with E-state index in [-0.39, 0.29) is 12.3 Å². The standard InChI is InChI=1S/C20H17BrCl2N2O2/c1-3-15-18(19(26)27-4-2)24-25-20(15,12-5-7-13(21)8-6-12)16-10-9-14(22)11-17(16)23/h5-11H,3-4H2,1-2H3. The van der Waals surface area contributed by atoms with Crippen LogP contribution in [-0.2, 0) is 15.1 Å². The summed E-state index contributed by atoms with van der Waals surface area (Å²) >= 11 is 16.1. The molecule has 4 nitrogen and oxygen atoms in total. The minimum Gasteiger partial charge on any atom is -0.461 e. The van der Waals surface area contributed by atoms with Crippen LogP contribution in [0.5, 0.6) is 0 Å². The zero-order valence-corrected chi connectivity index (χ0v) is 17.9. The van der Waals surface area contributed by atoms with Crippen LogP contribution in [0, 0.1) is 0 Å². The van der Waals surface area contributed by atoms with Crippen molar-refractivity contribution in [3.05, 3.63) is 79.4 Å². The first-order valence-electron chi connectivity index (χ1n) is 8.49. The lowest BCUT2D eigenvalue weighted by molar-refractivity contribution is -0.138. The Labute approximate surface area is 176 Å². The summed E-state index contributed by atoms with van der Waals surface area (Å²) in [5.41, 5.74) is 1.55. The van der Waals surface area contributed by atoms with Crippen LogP contribution in [0.1, 0.15) is 31.4 Å². The average molecular weight is 468 g/mol. The molecule has 1 heterocycles. The van der Waals surface area contributed by atoms with E-state index in [1.54, 1.807) is 19.1 Å². The van der Waals surface area contributed by atoms with Gasteiger partial charge in [0.05, 0.1) is 6.61 Å². The lowest BCUT2D eigenvalue weighted by Gasteiger charge is -2.30. The van der Waals surface area contributed by atoms with E-state index in [9.17, 15) is 4.79 Å². The van der Waals surface area contributed by atoms with Gasteiger partial charge in [0, 0.05) is 25.7 Å². The lowest BCUT2D eigenvalue weighted by atomic mass is 9.76. The highest BCUT2D eigenvalue weighted by Crippen LogP contribution is 2.50. The maximum Gasteiger partial charge on any atom is 0.358 e. The minimum absolute atomic E-state index is 0.230. The molecule has 0 bridgehead atoms. The Morgan fingerprint density at radius 1 is 1.15 bits per heavy atom. The number of azo groups is 1. The Bertz CT molecular complexity index is 941. The lowest BCUT2D eigenvalue weighted by Crippen LogP contribution is -2.27. The number of ether oxygens (including phenoxy) is 1. The van der Waals surface area contributed by atoms with E-state index in [1.807, 2.05) is 37.3 Å². The van der Waals surface area contributed by atoms with Crippen molar-refractivity contribution in [2.24, 2.45) is 10.2 Å². The first-order valence-corrected chi connectivity index (χ1v) is 10.0. The maximum absolute atomic E-state index is 12.5. The second-order valence-electron chi connectivity index (χ2n) is 5.94. The van der Waals surface area contributed by atoms with Crippen molar-refractivity contribution in [3.8, 4) is 0 Å². The summed E-state index contributed by atoms with van der Waals surface area (Å²) in [7, 11) is 0. The molecule has 0 radical (unpaired) electrons. The maximum atomic E-state index is 12.5. The molecule has 0 aliphatic carbocycles. The van der Waals surface area contributed by atoms with E-state index in [1.165, 1.54) is 0 Å². The highest BCUT2D eigenvalue weighted by Gasteiger charge is 2.46. The monoisotopic (exact) mass is 466 g/mol. The fourth-order valence-electron chi connectivity index (χ4n) is 3.28. The summed E-state index contributed by atoms with van der Waals surface area (Å²) in [6.45, 7) is 3.98. The van der Waals surface area contributed by atoms with E-state index >= 15 is 0 Å². The molecule has 1 unspecified atom stereocenters. The molecule has 0 N–H and O–H groups in total. The number of rotatable bonds is 5. The van der Waals surface area contributed by atoms with E-state index in [4.69, 9.17) is 27.9 Å². The van der Waals surface area contributed by atoms with Crippen molar-refractivity contribution in [2.45, 2.75) is 25.8 Å². The van der Waals surface area contributed by atoms with Crippen LogP contribution in [0.2, 0.25) is 10.0 Å². The predicted molar refractivity (Wildman–Crippen MR) is 110 cm³/mol. The Hall–Kier alpha value is -1.69. The van der Waals surface area contributed by atoms with Gasteiger partial charge < -0.3 is 4.74 Å². The Kier molecular flexibility index (Phi) is 6.04. The average Bonchev–Trinajstić information content (AvgIpc) is 3.02. The largest absolute Gasteiger partial charge is 0.461 e. The zero-order valence-electron chi connectivity index (χ0n) is 14.8. The van der Waals surface area contributed by atoms with Gasteiger partial charge in [0.1, 0.15) is 0 Å². The van der Waals surface area contributed by atoms with E-state index in [0.717, 1.165) is 21.2 Å². The number of halogens is 3. The highest BCUT2D eigenvalue weighted by molar-refractivity contribution is 9.10. The van der Waals surface area contributed by atoms with Crippen molar-refractivity contribution in [2.75, 3.05) is 6.61 Å². The first-order chi connectivity index (χ1) is 12.9. The second kappa shape index (κ2) is 8.13. The summed E-state index contributed by atoms with van der Waals surface area (Å²) in [5.74, 6) is -0.484. The molecule has 0 amide bonds. The zero-order chi connectivity index (χ0) is 19.6. The van der Waals surface area contributed by atoms with E-state index in [0.29, 0.717) is 16.5 Å². The van der Waals surface area contributed by atoms with Crippen molar-refractivity contribution in [1.82, 2.24) is 0 Å². The van der Waals surface area contributed by atoms with Crippen LogP contribution >= 0.6 is 39.1 Å². The molecule has 1 atom stereocenters. The van der Waals surface area contributed by atoms with Gasteiger partial charge in [0.2, 0.25) is 0 Å². The molecule has 0 saturated carbocycles. The third-order valence-corrected chi connectivity index (χ3v) is 5.50. The normalized spacial score (nSPS) is 18.9. The SMILES string of the molecule is CCOC(=O)C1=C(CC)C(c2ccc(Br)cc2)(c2ccc(Cl)cc2Cl)N=N1. The molecule has 140 valence electrons. The van der Waals surface area contributed by atoms with Crippen LogP contribution in [0.3, 0.4) is 0 Å². The predicted octanol–water partition coefficient (Wildman–Crippen LogP) is 6.69. The molecule has 27 heavy (non-hydrogen) atoms. The number of benzene rings is 2. The van der Waals surface area contributed by atoms with E-state index in [2.05, 4.69) is 26.2 Å². The number of hydrogen-bond acceptors (Lipinski definition) is 4. The van der Waals surface area contributed by atoms with Gasteiger partial charge in [-0.3, -0.25) is 0 Å². The van der Waals surface area contributed by atoms with Gasteiger partial charge in [0.25, 0.3) is 0 Å². The quantitative estimate of drug-likeness (QED) is 0.459.